The van der Waals surface area contributed by atoms with E-state index in [4.69, 9.17) is 21.4 Å². The van der Waals surface area contributed by atoms with Crippen LogP contribution in [0.15, 0.2) is 24.3 Å². The number of hydrogen-bond donors (Lipinski definition) is 1. The number of anilines is 1. The summed E-state index contributed by atoms with van der Waals surface area (Å²) in [6.07, 6.45) is -0.914. The number of hydrogen-bond acceptors (Lipinski definition) is 3. The van der Waals surface area contributed by atoms with Crippen molar-refractivity contribution in [1.82, 2.24) is 0 Å². The maximum atomic E-state index is 11.7. The minimum atomic E-state index is -1.09. The zero-order chi connectivity index (χ0) is 12.6. The van der Waals surface area contributed by atoms with Crippen LogP contribution < -0.4 is 4.90 Å². The number of halogens is 1. The van der Waals surface area contributed by atoms with Crippen LogP contribution in [0.5, 0.6) is 0 Å². The third-order valence-corrected chi connectivity index (χ3v) is 2.91. The third kappa shape index (κ3) is 1.87. The Morgan fingerprint density at radius 2 is 2.00 bits per heavy atom. The summed E-state index contributed by atoms with van der Waals surface area (Å²) < 4.78 is 4.85. The molecule has 1 fully saturated rings. The average Bonchev–Trinajstić information content (AvgIpc) is 2.28. The van der Waals surface area contributed by atoms with E-state index < -0.39 is 18.1 Å². The van der Waals surface area contributed by atoms with E-state index in [1.807, 2.05) is 0 Å². The van der Waals surface area contributed by atoms with Crippen LogP contribution >= 0.6 is 11.6 Å². The number of aliphatic carboxylic acids is 1. The second-order valence-electron chi connectivity index (χ2n) is 3.62. The van der Waals surface area contributed by atoms with Gasteiger partial charge in [-0.05, 0) is 24.3 Å². The number of amides is 1. The molecule has 17 heavy (non-hydrogen) atoms. The highest BCUT2D eigenvalue weighted by Crippen LogP contribution is 2.30. The van der Waals surface area contributed by atoms with Crippen LogP contribution in [0.4, 0.5) is 5.69 Å². The lowest BCUT2D eigenvalue weighted by Gasteiger charge is -2.43. The normalized spacial score (nSPS) is 23.4. The second-order valence-corrected chi connectivity index (χ2v) is 4.06. The first-order valence-corrected chi connectivity index (χ1v) is 5.28. The van der Waals surface area contributed by atoms with Crippen LogP contribution in [-0.2, 0) is 14.3 Å². The molecule has 1 N–H and O–H groups in total. The molecule has 1 saturated heterocycles. The Morgan fingerprint density at radius 1 is 1.41 bits per heavy atom. The summed E-state index contributed by atoms with van der Waals surface area (Å²) in [5.74, 6) is -1.45. The molecule has 0 unspecified atom stereocenters. The fourth-order valence-corrected chi connectivity index (χ4v) is 1.95. The van der Waals surface area contributed by atoms with E-state index in [2.05, 4.69) is 0 Å². The van der Waals surface area contributed by atoms with Gasteiger partial charge in [-0.25, -0.2) is 4.79 Å². The lowest BCUT2D eigenvalue weighted by Crippen LogP contribution is -2.69. The molecule has 0 aromatic heterocycles. The molecule has 0 spiro atoms. The Hall–Kier alpha value is -1.59. The molecule has 0 aliphatic carbocycles. The van der Waals surface area contributed by atoms with E-state index in [1.54, 1.807) is 24.3 Å². The molecule has 1 amide bonds. The molecule has 1 heterocycles. The van der Waals surface area contributed by atoms with Crippen LogP contribution in [0.2, 0.25) is 5.02 Å². The van der Waals surface area contributed by atoms with Gasteiger partial charge in [0.1, 0.15) is 0 Å². The van der Waals surface area contributed by atoms with E-state index >= 15 is 0 Å². The van der Waals surface area contributed by atoms with Gasteiger partial charge in [-0.3, -0.25) is 9.69 Å². The van der Waals surface area contributed by atoms with Crippen molar-refractivity contribution in [1.29, 1.82) is 0 Å². The van der Waals surface area contributed by atoms with E-state index in [9.17, 15) is 9.59 Å². The number of carboxylic acids is 1. The maximum absolute atomic E-state index is 11.7. The quantitative estimate of drug-likeness (QED) is 0.823. The van der Waals surface area contributed by atoms with Crippen molar-refractivity contribution < 1.29 is 19.4 Å². The lowest BCUT2D eigenvalue weighted by atomic mass is 9.97. The highest BCUT2D eigenvalue weighted by Gasteiger charge is 2.53. The standard InChI is InChI=1S/C11H10ClNO4/c1-17-9-8(11(15)16)13(10(9)14)7-4-2-6(12)3-5-7/h2-5,8-9H,1H3,(H,15,16)/t8-,9+/m1/s1. The van der Waals surface area contributed by atoms with Crippen LogP contribution in [0.25, 0.3) is 0 Å². The summed E-state index contributed by atoms with van der Waals surface area (Å²) >= 11 is 5.72. The Bertz CT molecular complexity index is 459. The summed E-state index contributed by atoms with van der Waals surface area (Å²) in [6, 6.07) is 5.42. The highest BCUT2D eigenvalue weighted by atomic mass is 35.5. The molecule has 5 nitrogen and oxygen atoms in total. The summed E-state index contributed by atoms with van der Waals surface area (Å²) in [4.78, 5) is 23.9. The number of benzene rings is 1. The number of carbonyl (C=O) groups excluding carboxylic acids is 1. The maximum Gasteiger partial charge on any atom is 0.330 e. The third-order valence-electron chi connectivity index (χ3n) is 2.66. The van der Waals surface area contributed by atoms with Crippen LogP contribution in [0, 0.1) is 0 Å². The molecule has 1 aromatic carbocycles. The van der Waals surface area contributed by atoms with Gasteiger partial charge in [-0.2, -0.15) is 0 Å². The SMILES string of the molecule is CO[C@@H]1C(=O)N(c2ccc(Cl)cc2)[C@H]1C(=O)O. The van der Waals surface area contributed by atoms with Gasteiger partial charge >= 0.3 is 5.97 Å². The monoisotopic (exact) mass is 255 g/mol. The van der Waals surface area contributed by atoms with Gasteiger partial charge in [0.2, 0.25) is 0 Å². The van der Waals surface area contributed by atoms with E-state index in [0.717, 1.165) is 0 Å². The second kappa shape index (κ2) is 4.35. The number of methoxy groups -OCH3 is 1. The molecule has 0 bridgehead atoms. The number of carbonyl (C=O) groups is 2. The zero-order valence-electron chi connectivity index (χ0n) is 8.96. The molecule has 2 rings (SSSR count). The highest BCUT2D eigenvalue weighted by molar-refractivity contribution is 6.30. The molecule has 1 aromatic rings. The molecule has 0 saturated carbocycles. The van der Waals surface area contributed by atoms with Gasteiger partial charge in [0.15, 0.2) is 12.1 Å². The Balaban J connectivity index is 2.29. The van der Waals surface area contributed by atoms with Crippen molar-refractivity contribution >= 4 is 29.2 Å². The Labute approximate surface area is 103 Å². The Kier molecular flexibility index (Phi) is 3.04. The Morgan fingerprint density at radius 3 is 2.47 bits per heavy atom. The van der Waals surface area contributed by atoms with Crippen molar-refractivity contribution in [3.05, 3.63) is 29.3 Å². The zero-order valence-corrected chi connectivity index (χ0v) is 9.72. The van der Waals surface area contributed by atoms with E-state index in [0.29, 0.717) is 10.7 Å². The smallest absolute Gasteiger partial charge is 0.330 e. The first-order valence-electron chi connectivity index (χ1n) is 4.90. The number of nitrogens with zero attached hydrogens (tertiary/aromatic N) is 1. The van der Waals surface area contributed by atoms with Crippen LogP contribution in [0.1, 0.15) is 0 Å². The van der Waals surface area contributed by atoms with E-state index in [-0.39, 0.29) is 5.91 Å². The molecular weight excluding hydrogens is 246 g/mol. The van der Waals surface area contributed by atoms with Crippen LogP contribution in [0.3, 0.4) is 0 Å². The fourth-order valence-electron chi connectivity index (χ4n) is 1.82. The number of rotatable bonds is 3. The van der Waals surface area contributed by atoms with Gasteiger partial charge in [-0.15, -0.1) is 0 Å². The predicted molar refractivity (Wildman–Crippen MR) is 61.2 cm³/mol. The largest absolute Gasteiger partial charge is 0.480 e. The lowest BCUT2D eigenvalue weighted by molar-refractivity contribution is -0.155. The minimum Gasteiger partial charge on any atom is -0.480 e. The van der Waals surface area contributed by atoms with Gasteiger partial charge < -0.3 is 9.84 Å². The topological polar surface area (TPSA) is 66.8 Å². The predicted octanol–water partition coefficient (Wildman–Crippen LogP) is 1.15. The minimum absolute atomic E-state index is 0.359. The van der Waals surface area contributed by atoms with Gasteiger partial charge in [0.25, 0.3) is 5.91 Å². The van der Waals surface area contributed by atoms with Crippen molar-refractivity contribution in [2.24, 2.45) is 0 Å². The summed E-state index contributed by atoms with van der Waals surface area (Å²) in [6.45, 7) is 0. The molecule has 1 aliphatic heterocycles. The molecule has 90 valence electrons. The van der Waals surface area contributed by atoms with Crippen molar-refractivity contribution in [2.45, 2.75) is 12.1 Å². The van der Waals surface area contributed by atoms with Gasteiger partial charge in [0.05, 0.1) is 0 Å². The fraction of sp³-hybridized carbons (Fsp3) is 0.273. The van der Waals surface area contributed by atoms with Gasteiger partial charge in [0, 0.05) is 17.8 Å². The van der Waals surface area contributed by atoms with Crippen molar-refractivity contribution in [3.63, 3.8) is 0 Å². The molecule has 0 radical (unpaired) electrons. The van der Waals surface area contributed by atoms with E-state index in [1.165, 1.54) is 12.0 Å². The number of carboxylic acid groups (broad SMARTS) is 1. The first kappa shape index (κ1) is 11.9. The molecule has 1 aliphatic rings. The molecule has 2 atom stereocenters. The van der Waals surface area contributed by atoms with Crippen molar-refractivity contribution in [3.8, 4) is 0 Å². The number of β-lactam (4-membered cyclic amide) rings is 1. The summed E-state index contributed by atoms with van der Waals surface area (Å²) in [5.41, 5.74) is 0.500. The molecular formula is C11H10ClNO4. The summed E-state index contributed by atoms with van der Waals surface area (Å²) in [5, 5.41) is 9.56. The first-order chi connectivity index (χ1) is 8.06. The number of ether oxygens (including phenoxy) is 1. The van der Waals surface area contributed by atoms with Crippen LogP contribution in [-0.4, -0.2) is 36.2 Å². The van der Waals surface area contributed by atoms with Crippen molar-refractivity contribution in [2.75, 3.05) is 12.0 Å². The van der Waals surface area contributed by atoms with Gasteiger partial charge in [-0.1, -0.05) is 11.6 Å². The summed E-state index contributed by atoms with van der Waals surface area (Å²) in [7, 11) is 1.32. The molecule has 6 heteroatoms. The average molecular weight is 256 g/mol.